The first kappa shape index (κ1) is 27.2. The SMILES string of the molecule is CCCCCCCC[P+]([Te])(CCCCCCCC)CCCCCCCC. The third kappa shape index (κ3) is 18.6. The number of hydrogen-bond donors (Lipinski definition) is 0. The molecule has 0 unspecified atom stereocenters. The molecule has 2 heteroatoms. The minimum atomic E-state index is -0.626. The van der Waals surface area contributed by atoms with E-state index in [9.17, 15) is 0 Å². The fourth-order valence-corrected chi connectivity index (χ4v) is 10.3. The monoisotopic (exact) mass is 500 g/mol. The summed E-state index contributed by atoms with van der Waals surface area (Å²) in [6.45, 7) is 6.97. The average Bonchev–Trinajstić information content (AvgIpc) is 2.64. The molecule has 0 nitrogen and oxygen atoms in total. The van der Waals surface area contributed by atoms with Gasteiger partial charge in [-0.05, 0) is 0 Å². The van der Waals surface area contributed by atoms with Crippen molar-refractivity contribution in [3.05, 3.63) is 0 Å². The van der Waals surface area contributed by atoms with Crippen LogP contribution in [0.4, 0.5) is 0 Å². The summed E-state index contributed by atoms with van der Waals surface area (Å²) in [5, 5.41) is 0. The van der Waals surface area contributed by atoms with Gasteiger partial charge >= 0.3 is 182 Å². The van der Waals surface area contributed by atoms with Crippen LogP contribution in [0.15, 0.2) is 0 Å². The molecule has 0 spiro atoms. The Morgan fingerprint density at radius 3 is 0.885 bits per heavy atom. The predicted molar refractivity (Wildman–Crippen MR) is 127 cm³/mol. The fourth-order valence-electron chi connectivity index (χ4n) is 3.88. The van der Waals surface area contributed by atoms with Gasteiger partial charge in [-0.3, -0.25) is 0 Å². The van der Waals surface area contributed by atoms with Crippen molar-refractivity contribution in [3.63, 3.8) is 0 Å². The molecule has 1 radical (unpaired) electrons. The van der Waals surface area contributed by atoms with Gasteiger partial charge in [0.25, 0.3) is 0 Å². The van der Waals surface area contributed by atoms with Crippen LogP contribution in [0.3, 0.4) is 0 Å². The molecule has 0 aromatic heterocycles. The van der Waals surface area contributed by atoms with Crippen molar-refractivity contribution in [3.8, 4) is 0 Å². The Bertz CT molecular complexity index is 226. The first-order valence-electron chi connectivity index (χ1n) is 12.3. The zero-order valence-corrected chi connectivity index (χ0v) is 21.9. The second-order valence-electron chi connectivity index (χ2n) is 8.53. The molecule has 0 bridgehead atoms. The van der Waals surface area contributed by atoms with E-state index in [1.165, 1.54) is 116 Å². The topological polar surface area (TPSA) is 0 Å². The van der Waals surface area contributed by atoms with E-state index in [1.54, 1.807) is 18.5 Å². The Labute approximate surface area is 181 Å². The van der Waals surface area contributed by atoms with E-state index in [2.05, 4.69) is 42.5 Å². The van der Waals surface area contributed by atoms with Crippen LogP contribution in [0.5, 0.6) is 0 Å². The van der Waals surface area contributed by atoms with Crippen LogP contribution in [0.1, 0.15) is 136 Å². The van der Waals surface area contributed by atoms with Crippen molar-refractivity contribution >= 4 is 26.7 Å². The Morgan fingerprint density at radius 2 is 0.615 bits per heavy atom. The van der Waals surface area contributed by atoms with E-state index in [0.717, 1.165) is 0 Å². The van der Waals surface area contributed by atoms with E-state index in [-0.39, 0.29) is 0 Å². The summed E-state index contributed by atoms with van der Waals surface area (Å²) >= 11 is 2.65. The summed E-state index contributed by atoms with van der Waals surface area (Å²) < 4.78 is 0. The van der Waals surface area contributed by atoms with Gasteiger partial charge in [0, 0.05) is 0 Å². The Kier molecular flexibility index (Phi) is 21.9. The van der Waals surface area contributed by atoms with Gasteiger partial charge in [0.2, 0.25) is 0 Å². The second kappa shape index (κ2) is 20.9. The Hall–Kier alpha value is 1.22. The maximum absolute atomic E-state index is 2.65. The number of unbranched alkanes of at least 4 members (excludes halogenated alkanes) is 15. The third-order valence-corrected chi connectivity index (χ3v) is 13.8. The number of rotatable bonds is 21. The Morgan fingerprint density at radius 1 is 0.385 bits per heavy atom. The molecule has 0 aliphatic rings. The molecule has 157 valence electrons. The maximum atomic E-state index is 2.65. The van der Waals surface area contributed by atoms with Crippen LogP contribution in [0.2, 0.25) is 0 Å². The van der Waals surface area contributed by atoms with Crippen LogP contribution < -0.4 is 0 Å². The molecular weight excluding hydrogens is 447 g/mol. The first-order valence-corrected chi connectivity index (χ1v) is 17.6. The average molecular weight is 498 g/mol. The summed E-state index contributed by atoms with van der Waals surface area (Å²) in [6.07, 6.45) is 31.3. The van der Waals surface area contributed by atoms with Gasteiger partial charge in [-0.1, -0.05) is 0 Å². The predicted octanol–water partition coefficient (Wildman–Crippen LogP) is 9.17. The first-order chi connectivity index (χ1) is 12.7. The zero-order valence-electron chi connectivity index (χ0n) is 18.7. The van der Waals surface area contributed by atoms with E-state index in [0.29, 0.717) is 0 Å². The number of hydrogen-bond acceptors (Lipinski definition) is 0. The Balaban J connectivity index is 4.02. The van der Waals surface area contributed by atoms with Gasteiger partial charge in [-0.15, -0.1) is 0 Å². The molecule has 0 aliphatic heterocycles. The molecule has 0 fully saturated rings. The van der Waals surface area contributed by atoms with Crippen molar-refractivity contribution in [2.75, 3.05) is 18.5 Å². The van der Waals surface area contributed by atoms with Crippen LogP contribution in [0, 0.1) is 0 Å². The third-order valence-electron chi connectivity index (χ3n) is 5.76. The quantitative estimate of drug-likeness (QED) is 0.0841. The summed E-state index contributed by atoms with van der Waals surface area (Å²) in [5.41, 5.74) is 0. The molecule has 0 amide bonds. The van der Waals surface area contributed by atoms with E-state index in [4.69, 9.17) is 0 Å². The minimum absolute atomic E-state index is 0.626. The molecule has 0 N–H and O–H groups in total. The molecule has 0 aliphatic carbocycles. The van der Waals surface area contributed by atoms with Gasteiger partial charge in [-0.25, -0.2) is 0 Å². The summed E-state index contributed by atoms with van der Waals surface area (Å²) in [7, 11) is 0. The summed E-state index contributed by atoms with van der Waals surface area (Å²) in [5.74, 6) is 0. The van der Waals surface area contributed by atoms with Crippen molar-refractivity contribution in [1.29, 1.82) is 0 Å². The zero-order chi connectivity index (χ0) is 19.3. The van der Waals surface area contributed by atoms with Crippen molar-refractivity contribution in [2.24, 2.45) is 0 Å². The molecule has 0 heterocycles. The fraction of sp³-hybridized carbons (Fsp3) is 1.00. The van der Waals surface area contributed by atoms with Crippen molar-refractivity contribution < 1.29 is 0 Å². The van der Waals surface area contributed by atoms with Gasteiger partial charge < -0.3 is 0 Å². The molecule has 0 saturated heterocycles. The molecule has 0 rings (SSSR count). The van der Waals surface area contributed by atoms with Gasteiger partial charge in [0.15, 0.2) is 0 Å². The molecule has 0 aromatic rings. The standard InChI is InChI=1S/C24H51PTe/c1-4-7-10-13-16-19-22-25(26,23-20-17-14-11-8-5-2)24-21-18-15-12-9-6-3/h4-24H2,1-3H3/q+1. The van der Waals surface area contributed by atoms with Gasteiger partial charge in [-0.2, -0.15) is 0 Å². The summed E-state index contributed by atoms with van der Waals surface area (Å²) in [6, 6.07) is 0. The van der Waals surface area contributed by atoms with E-state index >= 15 is 0 Å². The van der Waals surface area contributed by atoms with E-state index < -0.39 is 4.95 Å². The summed E-state index contributed by atoms with van der Waals surface area (Å²) in [4.78, 5) is -0.626. The molecule has 0 saturated carbocycles. The van der Waals surface area contributed by atoms with Crippen LogP contribution in [-0.4, -0.2) is 40.2 Å². The molecule has 0 aromatic carbocycles. The van der Waals surface area contributed by atoms with Crippen LogP contribution >= 0.6 is 4.95 Å². The van der Waals surface area contributed by atoms with Gasteiger partial charge in [0.05, 0.1) is 0 Å². The molecule has 26 heavy (non-hydrogen) atoms. The van der Waals surface area contributed by atoms with Gasteiger partial charge in [0.1, 0.15) is 0 Å². The van der Waals surface area contributed by atoms with Crippen molar-refractivity contribution in [1.82, 2.24) is 0 Å². The van der Waals surface area contributed by atoms with E-state index in [1.807, 2.05) is 0 Å². The molecular formula is C24H51PTe+. The normalized spacial score (nSPS) is 12.0. The second-order valence-corrected chi connectivity index (χ2v) is 18.6. The van der Waals surface area contributed by atoms with Crippen LogP contribution in [-0.2, 0) is 0 Å². The molecule has 0 atom stereocenters. The van der Waals surface area contributed by atoms with Crippen LogP contribution in [0.25, 0.3) is 0 Å². The van der Waals surface area contributed by atoms with Crippen molar-refractivity contribution in [2.45, 2.75) is 136 Å².